The fraction of sp³-hybridized carbons (Fsp3) is 0.870. The van der Waals surface area contributed by atoms with Gasteiger partial charge in [0.2, 0.25) is 0 Å². The van der Waals surface area contributed by atoms with E-state index in [0.717, 1.165) is 12.8 Å². The lowest BCUT2D eigenvalue weighted by molar-refractivity contribution is -0.132. The summed E-state index contributed by atoms with van der Waals surface area (Å²) in [6, 6.07) is 0. The van der Waals surface area contributed by atoms with Gasteiger partial charge in [0.05, 0.1) is 0 Å². The van der Waals surface area contributed by atoms with Gasteiger partial charge in [-0.25, -0.2) is 4.79 Å². The Hall–Kier alpha value is -0.790. The van der Waals surface area contributed by atoms with Crippen LogP contribution in [0.15, 0.2) is 11.6 Å². The van der Waals surface area contributed by atoms with Gasteiger partial charge in [0, 0.05) is 5.57 Å². The summed E-state index contributed by atoms with van der Waals surface area (Å²) in [6.45, 7) is 3.96. The standard InChI is InChI=1S/C23H44O2/c1-3-4-5-6-7-8-9-10-11-12-13-14-15-16-17-18-19-20-21-22(2)23(24)25/h21H,3-20H2,1-2H3,(H,24,25)/b22-21+. The molecule has 2 nitrogen and oxygen atoms in total. The third-order valence-electron chi connectivity index (χ3n) is 5.10. The molecule has 0 atom stereocenters. The molecule has 0 aromatic carbocycles. The van der Waals surface area contributed by atoms with Crippen LogP contribution in [0.4, 0.5) is 0 Å². The van der Waals surface area contributed by atoms with Gasteiger partial charge in [0.15, 0.2) is 0 Å². The number of aliphatic carboxylic acids is 1. The lowest BCUT2D eigenvalue weighted by Gasteiger charge is -2.03. The van der Waals surface area contributed by atoms with Crippen molar-refractivity contribution >= 4 is 5.97 Å². The maximum atomic E-state index is 10.6. The van der Waals surface area contributed by atoms with E-state index in [4.69, 9.17) is 5.11 Å². The zero-order valence-corrected chi connectivity index (χ0v) is 17.2. The fourth-order valence-corrected chi connectivity index (χ4v) is 3.28. The van der Waals surface area contributed by atoms with Crippen molar-refractivity contribution in [1.82, 2.24) is 0 Å². The van der Waals surface area contributed by atoms with Gasteiger partial charge in [-0.15, -0.1) is 0 Å². The van der Waals surface area contributed by atoms with E-state index in [-0.39, 0.29) is 0 Å². The summed E-state index contributed by atoms with van der Waals surface area (Å²) < 4.78 is 0. The van der Waals surface area contributed by atoms with Crippen molar-refractivity contribution in [3.05, 3.63) is 11.6 Å². The Kier molecular flexibility index (Phi) is 18.9. The lowest BCUT2D eigenvalue weighted by Crippen LogP contribution is -1.95. The summed E-state index contributed by atoms with van der Waals surface area (Å²) in [5.41, 5.74) is 0.483. The molecule has 0 fully saturated rings. The van der Waals surface area contributed by atoms with E-state index in [0.29, 0.717) is 5.57 Å². The summed E-state index contributed by atoms with van der Waals surface area (Å²) in [6.07, 6.45) is 26.3. The third-order valence-corrected chi connectivity index (χ3v) is 5.10. The average molecular weight is 353 g/mol. The molecule has 0 bridgehead atoms. The fourth-order valence-electron chi connectivity index (χ4n) is 3.28. The molecule has 2 heteroatoms. The van der Waals surface area contributed by atoms with E-state index in [1.165, 1.54) is 103 Å². The van der Waals surface area contributed by atoms with Gasteiger partial charge in [-0.2, -0.15) is 0 Å². The molecule has 0 aromatic heterocycles. The zero-order valence-electron chi connectivity index (χ0n) is 17.2. The van der Waals surface area contributed by atoms with Crippen LogP contribution in [0.2, 0.25) is 0 Å². The molecular weight excluding hydrogens is 308 g/mol. The molecule has 0 saturated heterocycles. The smallest absolute Gasteiger partial charge is 0.330 e. The molecule has 0 saturated carbocycles. The molecule has 0 aliphatic carbocycles. The number of hydrogen-bond donors (Lipinski definition) is 1. The highest BCUT2D eigenvalue weighted by Crippen LogP contribution is 2.14. The van der Waals surface area contributed by atoms with Crippen LogP contribution in [-0.2, 0) is 4.79 Å². The minimum absolute atomic E-state index is 0.483. The second-order valence-electron chi connectivity index (χ2n) is 7.64. The second-order valence-corrected chi connectivity index (χ2v) is 7.64. The highest BCUT2D eigenvalue weighted by Gasteiger charge is 1.98. The quantitative estimate of drug-likeness (QED) is 0.188. The van der Waals surface area contributed by atoms with Crippen LogP contribution < -0.4 is 0 Å². The summed E-state index contributed by atoms with van der Waals surface area (Å²) >= 11 is 0. The lowest BCUT2D eigenvalue weighted by atomic mass is 10.0. The number of hydrogen-bond acceptors (Lipinski definition) is 1. The van der Waals surface area contributed by atoms with E-state index in [2.05, 4.69) is 6.92 Å². The van der Waals surface area contributed by atoms with Gasteiger partial charge in [-0.1, -0.05) is 116 Å². The molecule has 25 heavy (non-hydrogen) atoms. The second kappa shape index (κ2) is 19.5. The molecule has 0 amide bonds. The predicted molar refractivity (Wildman–Crippen MR) is 110 cm³/mol. The molecular formula is C23H44O2. The van der Waals surface area contributed by atoms with Crippen molar-refractivity contribution in [2.45, 2.75) is 129 Å². The maximum Gasteiger partial charge on any atom is 0.330 e. The van der Waals surface area contributed by atoms with E-state index in [1.54, 1.807) is 6.92 Å². The van der Waals surface area contributed by atoms with Crippen molar-refractivity contribution in [3.8, 4) is 0 Å². The summed E-state index contributed by atoms with van der Waals surface area (Å²) in [4.78, 5) is 10.6. The maximum absolute atomic E-state index is 10.6. The summed E-state index contributed by atoms with van der Waals surface area (Å²) in [7, 11) is 0. The van der Waals surface area contributed by atoms with Crippen molar-refractivity contribution in [2.75, 3.05) is 0 Å². The Labute approximate surface area is 157 Å². The number of carbonyl (C=O) groups is 1. The predicted octanol–water partition coefficient (Wildman–Crippen LogP) is 8.06. The molecule has 0 aliphatic rings. The van der Waals surface area contributed by atoms with Crippen LogP contribution in [0.1, 0.15) is 129 Å². The molecule has 1 N–H and O–H groups in total. The van der Waals surface area contributed by atoms with Gasteiger partial charge in [-0.05, 0) is 19.8 Å². The molecule has 0 aromatic rings. The van der Waals surface area contributed by atoms with Gasteiger partial charge < -0.3 is 5.11 Å². The van der Waals surface area contributed by atoms with E-state index >= 15 is 0 Å². The monoisotopic (exact) mass is 352 g/mol. The number of carboxylic acid groups (broad SMARTS) is 1. The minimum atomic E-state index is -0.785. The number of unbranched alkanes of at least 4 members (excludes halogenated alkanes) is 17. The third kappa shape index (κ3) is 19.4. The van der Waals surface area contributed by atoms with Gasteiger partial charge in [0.25, 0.3) is 0 Å². The van der Waals surface area contributed by atoms with Crippen molar-refractivity contribution < 1.29 is 9.90 Å². The van der Waals surface area contributed by atoms with E-state index < -0.39 is 5.97 Å². The van der Waals surface area contributed by atoms with Crippen LogP contribution >= 0.6 is 0 Å². The van der Waals surface area contributed by atoms with Crippen molar-refractivity contribution in [3.63, 3.8) is 0 Å². The van der Waals surface area contributed by atoms with E-state index in [9.17, 15) is 4.79 Å². The molecule has 0 unspecified atom stereocenters. The topological polar surface area (TPSA) is 37.3 Å². The number of carboxylic acids is 1. The normalized spacial score (nSPS) is 11.8. The number of rotatable bonds is 19. The van der Waals surface area contributed by atoms with Crippen molar-refractivity contribution in [2.24, 2.45) is 0 Å². The molecule has 0 spiro atoms. The molecule has 0 heterocycles. The Bertz CT molecular complexity index is 320. The Morgan fingerprint density at radius 3 is 1.28 bits per heavy atom. The highest BCUT2D eigenvalue weighted by atomic mass is 16.4. The first-order valence-electron chi connectivity index (χ1n) is 11.1. The summed E-state index contributed by atoms with van der Waals surface area (Å²) in [5, 5.41) is 8.76. The first-order valence-corrected chi connectivity index (χ1v) is 11.1. The van der Waals surface area contributed by atoms with Crippen LogP contribution in [0.25, 0.3) is 0 Å². The molecule has 0 rings (SSSR count). The van der Waals surface area contributed by atoms with Gasteiger partial charge in [0.1, 0.15) is 0 Å². The van der Waals surface area contributed by atoms with Crippen molar-refractivity contribution in [1.29, 1.82) is 0 Å². The van der Waals surface area contributed by atoms with Gasteiger partial charge in [-0.3, -0.25) is 0 Å². The zero-order chi connectivity index (χ0) is 18.6. The highest BCUT2D eigenvalue weighted by molar-refractivity contribution is 5.85. The number of allylic oxidation sites excluding steroid dienone is 1. The van der Waals surface area contributed by atoms with E-state index in [1.807, 2.05) is 6.08 Å². The van der Waals surface area contributed by atoms with Crippen LogP contribution in [0.5, 0.6) is 0 Å². The first-order chi connectivity index (χ1) is 12.2. The van der Waals surface area contributed by atoms with Gasteiger partial charge >= 0.3 is 5.97 Å². The average Bonchev–Trinajstić information content (AvgIpc) is 2.60. The largest absolute Gasteiger partial charge is 0.478 e. The Morgan fingerprint density at radius 1 is 0.640 bits per heavy atom. The summed E-state index contributed by atoms with van der Waals surface area (Å²) in [5.74, 6) is -0.785. The Morgan fingerprint density at radius 2 is 0.960 bits per heavy atom. The first kappa shape index (κ1) is 24.2. The molecule has 148 valence electrons. The Balaban J connectivity index is 3.10. The molecule has 0 radical (unpaired) electrons. The van der Waals surface area contributed by atoms with Crippen LogP contribution in [0.3, 0.4) is 0 Å². The van der Waals surface area contributed by atoms with Crippen LogP contribution in [0, 0.1) is 0 Å². The van der Waals surface area contributed by atoms with Crippen LogP contribution in [-0.4, -0.2) is 11.1 Å². The minimum Gasteiger partial charge on any atom is -0.478 e. The SMILES string of the molecule is CCCCCCCCCCCCCCCCCCC/C=C(\C)C(=O)O. The molecule has 0 aliphatic heterocycles.